The summed E-state index contributed by atoms with van der Waals surface area (Å²) in [5, 5.41) is 13.2. The second-order valence-electron chi connectivity index (χ2n) is 6.34. The van der Waals surface area contributed by atoms with Gasteiger partial charge in [0.1, 0.15) is 0 Å². The van der Waals surface area contributed by atoms with Crippen LogP contribution in [0, 0.1) is 11.3 Å². The maximum absolute atomic E-state index is 9.68. The first-order valence-electron chi connectivity index (χ1n) is 8.18. The molecule has 1 rings (SSSR count). The average Bonchev–Trinajstić information content (AvgIpc) is 2.44. The van der Waals surface area contributed by atoms with Crippen LogP contribution in [-0.2, 0) is 0 Å². The maximum Gasteiger partial charge on any atom is 0.0541 e. The van der Waals surface area contributed by atoms with Crippen LogP contribution in [0.2, 0.25) is 0 Å². The molecule has 1 aliphatic rings. The molecule has 0 radical (unpaired) electrons. The van der Waals surface area contributed by atoms with Gasteiger partial charge in [-0.2, -0.15) is 0 Å². The van der Waals surface area contributed by atoms with E-state index in [1.807, 2.05) is 6.92 Å². The monoisotopic (exact) mass is 270 g/mol. The third-order valence-electron chi connectivity index (χ3n) is 5.12. The van der Waals surface area contributed by atoms with Crippen molar-refractivity contribution in [3.05, 3.63) is 0 Å². The van der Waals surface area contributed by atoms with Crippen LogP contribution < -0.4 is 5.32 Å². The van der Waals surface area contributed by atoms with Gasteiger partial charge in [-0.3, -0.25) is 0 Å². The molecule has 114 valence electrons. The summed E-state index contributed by atoms with van der Waals surface area (Å²) in [6.45, 7) is 14.5. The molecule has 0 bridgehead atoms. The molecule has 0 aromatic carbocycles. The van der Waals surface area contributed by atoms with E-state index in [1.165, 1.54) is 19.4 Å². The zero-order valence-corrected chi connectivity index (χ0v) is 13.4. The quantitative estimate of drug-likeness (QED) is 0.711. The molecule has 1 aliphatic heterocycles. The highest BCUT2D eigenvalue weighted by atomic mass is 16.3. The number of likely N-dealkylation sites (tertiary alicyclic amines) is 1. The molecule has 0 aromatic heterocycles. The number of hydrogen-bond acceptors (Lipinski definition) is 3. The summed E-state index contributed by atoms with van der Waals surface area (Å²) in [5.74, 6) is 0.516. The molecule has 1 heterocycles. The largest absolute Gasteiger partial charge is 0.393 e. The van der Waals surface area contributed by atoms with Gasteiger partial charge >= 0.3 is 0 Å². The van der Waals surface area contributed by atoms with Crippen molar-refractivity contribution in [1.29, 1.82) is 0 Å². The number of aliphatic hydroxyl groups excluding tert-OH is 1. The number of piperidine rings is 1. The van der Waals surface area contributed by atoms with Crippen molar-refractivity contribution in [2.75, 3.05) is 32.7 Å². The normalized spacial score (nSPS) is 20.7. The van der Waals surface area contributed by atoms with Crippen molar-refractivity contribution in [1.82, 2.24) is 10.2 Å². The van der Waals surface area contributed by atoms with Crippen LogP contribution in [0.5, 0.6) is 0 Å². The molecule has 3 heteroatoms. The van der Waals surface area contributed by atoms with Gasteiger partial charge < -0.3 is 15.3 Å². The topological polar surface area (TPSA) is 35.5 Å². The Morgan fingerprint density at radius 1 is 1.21 bits per heavy atom. The highest BCUT2D eigenvalue weighted by molar-refractivity contribution is 4.85. The van der Waals surface area contributed by atoms with E-state index in [2.05, 4.69) is 31.0 Å². The predicted molar refractivity (Wildman–Crippen MR) is 82.4 cm³/mol. The van der Waals surface area contributed by atoms with Crippen molar-refractivity contribution < 1.29 is 5.11 Å². The Morgan fingerprint density at radius 3 is 2.21 bits per heavy atom. The van der Waals surface area contributed by atoms with E-state index < -0.39 is 0 Å². The zero-order chi connectivity index (χ0) is 14.3. The molecular weight excluding hydrogens is 236 g/mol. The van der Waals surface area contributed by atoms with Crippen LogP contribution in [-0.4, -0.2) is 48.8 Å². The zero-order valence-electron chi connectivity index (χ0n) is 13.4. The van der Waals surface area contributed by atoms with Crippen molar-refractivity contribution in [2.45, 2.75) is 59.5 Å². The van der Waals surface area contributed by atoms with Gasteiger partial charge in [-0.15, -0.1) is 0 Å². The molecular formula is C16H34N2O. The second-order valence-corrected chi connectivity index (χ2v) is 6.34. The first-order valence-corrected chi connectivity index (χ1v) is 8.18. The fraction of sp³-hybridized carbons (Fsp3) is 1.00. The Labute approximate surface area is 119 Å². The Bertz CT molecular complexity index is 231. The van der Waals surface area contributed by atoms with Crippen LogP contribution in [0.4, 0.5) is 0 Å². The Morgan fingerprint density at radius 2 is 1.79 bits per heavy atom. The summed E-state index contributed by atoms with van der Waals surface area (Å²) in [6.07, 6.45) is 4.66. The van der Waals surface area contributed by atoms with Crippen LogP contribution in [0.1, 0.15) is 53.4 Å². The molecule has 0 saturated carbocycles. The van der Waals surface area contributed by atoms with Crippen molar-refractivity contribution in [3.8, 4) is 0 Å². The number of aliphatic hydroxyl groups is 1. The van der Waals surface area contributed by atoms with Gasteiger partial charge in [0, 0.05) is 13.1 Å². The fourth-order valence-electron chi connectivity index (χ4n) is 3.24. The summed E-state index contributed by atoms with van der Waals surface area (Å²) < 4.78 is 0. The smallest absolute Gasteiger partial charge is 0.0541 e. The molecule has 2 N–H and O–H groups in total. The van der Waals surface area contributed by atoms with E-state index in [0.29, 0.717) is 11.3 Å². The Hall–Kier alpha value is -0.120. The minimum atomic E-state index is -0.133. The van der Waals surface area contributed by atoms with Gasteiger partial charge in [-0.25, -0.2) is 0 Å². The number of hydrogen-bond donors (Lipinski definition) is 2. The van der Waals surface area contributed by atoms with E-state index in [0.717, 1.165) is 39.0 Å². The van der Waals surface area contributed by atoms with Crippen LogP contribution >= 0.6 is 0 Å². The lowest BCUT2D eigenvalue weighted by Gasteiger charge is -2.41. The second kappa shape index (κ2) is 8.23. The molecule has 1 unspecified atom stereocenters. The molecule has 0 aliphatic carbocycles. The van der Waals surface area contributed by atoms with E-state index in [1.54, 1.807) is 0 Å². The van der Waals surface area contributed by atoms with E-state index in [9.17, 15) is 5.11 Å². The standard InChI is InChI=1S/C16H34N2O/c1-5-16(6-2,12-17-7-3)13-18-10-8-15(9-11-18)14(4)19/h14-15,17,19H,5-13H2,1-4H3. The molecule has 1 fully saturated rings. The SMILES string of the molecule is CCNCC(CC)(CC)CN1CCC(C(C)O)CC1. The van der Waals surface area contributed by atoms with Gasteiger partial charge in [-0.1, -0.05) is 20.8 Å². The fourth-order valence-corrected chi connectivity index (χ4v) is 3.24. The van der Waals surface area contributed by atoms with Crippen molar-refractivity contribution in [3.63, 3.8) is 0 Å². The van der Waals surface area contributed by atoms with Gasteiger partial charge in [0.2, 0.25) is 0 Å². The first-order chi connectivity index (χ1) is 9.06. The van der Waals surface area contributed by atoms with Crippen LogP contribution in [0.25, 0.3) is 0 Å². The Kier molecular flexibility index (Phi) is 7.33. The lowest BCUT2D eigenvalue weighted by molar-refractivity contribution is 0.0499. The third kappa shape index (κ3) is 5.05. The van der Waals surface area contributed by atoms with Gasteiger partial charge in [0.05, 0.1) is 6.10 Å². The molecule has 19 heavy (non-hydrogen) atoms. The van der Waals surface area contributed by atoms with Gasteiger partial charge in [0.15, 0.2) is 0 Å². The summed E-state index contributed by atoms with van der Waals surface area (Å²) in [5.41, 5.74) is 0.424. The minimum absolute atomic E-state index is 0.133. The number of nitrogens with one attached hydrogen (secondary N) is 1. The predicted octanol–water partition coefficient (Wildman–Crippen LogP) is 2.50. The summed E-state index contributed by atoms with van der Waals surface area (Å²) in [4.78, 5) is 2.61. The lowest BCUT2D eigenvalue weighted by Crippen LogP contribution is -2.47. The molecule has 1 saturated heterocycles. The van der Waals surface area contributed by atoms with E-state index >= 15 is 0 Å². The van der Waals surface area contributed by atoms with Gasteiger partial charge in [-0.05, 0) is 63.6 Å². The van der Waals surface area contributed by atoms with Crippen molar-refractivity contribution >= 4 is 0 Å². The molecule has 1 atom stereocenters. The van der Waals surface area contributed by atoms with Gasteiger partial charge in [0.25, 0.3) is 0 Å². The lowest BCUT2D eigenvalue weighted by atomic mass is 9.80. The summed E-state index contributed by atoms with van der Waals surface area (Å²) in [7, 11) is 0. The van der Waals surface area contributed by atoms with Crippen LogP contribution in [0.15, 0.2) is 0 Å². The van der Waals surface area contributed by atoms with E-state index in [-0.39, 0.29) is 6.10 Å². The molecule has 3 nitrogen and oxygen atoms in total. The molecule has 0 spiro atoms. The molecule has 0 aromatic rings. The number of nitrogens with zero attached hydrogens (tertiary/aromatic N) is 1. The third-order valence-corrected chi connectivity index (χ3v) is 5.12. The Balaban J connectivity index is 2.47. The van der Waals surface area contributed by atoms with Crippen molar-refractivity contribution in [2.24, 2.45) is 11.3 Å². The number of rotatable bonds is 8. The minimum Gasteiger partial charge on any atom is -0.393 e. The molecule has 0 amide bonds. The highest BCUT2D eigenvalue weighted by Crippen LogP contribution is 2.29. The van der Waals surface area contributed by atoms with E-state index in [4.69, 9.17) is 0 Å². The maximum atomic E-state index is 9.68. The first kappa shape index (κ1) is 16.9. The summed E-state index contributed by atoms with van der Waals surface area (Å²) >= 11 is 0. The highest BCUT2D eigenvalue weighted by Gasteiger charge is 2.31. The van der Waals surface area contributed by atoms with Crippen LogP contribution in [0.3, 0.4) is 0 Å². The summed E-state index contributed by atoms with van der Waals surface area (Å²) in [6, 6.07) is 0. The average molecular weight is 270 g/mol.